The zero-order chi connectivity index (χ0) is 22.8. The van der Waals surface area contributed by atoms with Gasteiger partial charge in [0.05, 0.1) is 10.6 Å². The molecule has 3 aromatic carbocycles. The Morgan fingerprint density at radius 2 is 1.65 bits per heavy atom. The third-order valence-corrected chi connectivity index (χ3v) is 7.48. The Hall–Kier alpha value is -2.10. The molecule has 0 radical (unpaired) electrons. The smallest absolute Gasteiger partial charge is 0.264 e. The molecule has 31 heavy (non-hydrogen) atoms. The van der Waals surface area contributed by atoms with Gasteiger partial charge in [0.25, 0.3) is 10.0 Å². The Balaban J connectivity index is 2.00. The molecule has 0 aromatic heterocycles. The highest BCUT2D eigenvalue weighted by molar-refractivity contribution is 14.1. The van der Waals surface area contributed by atoms with Gasteiger partial charge in [-0.25, -0.2) is 8.42 Å². The van der Waals surface area contributed by atoms with Crippen LogP contribution in [0.25, 0.3) is 0 Å². The van der Waals surface area contributed by atoms with Crippen LogP contribution in [0.3, 0.4) is 0 Å². The molecule has 0 bridgehead atoms. The molecule has 5 nitrogen and oxygen atoms in total. The van der Waals surface area contributed by atoms with Crippen molar-refractivity contribution in [1.82, 2.24) is 0 Å². The van der Waals surface area contributed by atoms with Crippen molar-refractivity contribution in [1.29, 1.82) is 0 Å². The summed E-state index contributed by atoms with van der Waals surface area (Å²) in [6, 6.07) is 17.1. The lowest BCUT2D eigenvalue weighted by Gasteiger charge is -2.26. The first-order valence-corrected chi connectivity index (χ1v) is 12.4. The topological polar surface area (TPSA) is 66.5 Å². The number of nitrogens with zero attached hydrogens (tertiary/aromatic N) is 1. The average Bonchev–Trinajstić information content (AvgIpc) is 2.70. The maximum absolute atomic E-state index is 13.5. The Morgan fingerprint density at radius 3 is 2.29 bits per heavy atom. The van der Waals surface area contributed by atoms with Gasteiger partial charge in [0.15, 0.2) is 0 Å². The molecular formula is C23H22ClIN2O3S. The Bertz CT molecular complexity index is 1230. The third-order valence-electron chi connectivity index (χ3n) is 4.80. The van der Waals surface area contributed by atoms with Crippen molar-refractivity contribution >= 4 is 61.5 Å². The van der Waals surface area contributed by atoms with Crippen molar-refractivity contribution in [3.8, 4) is 0 Å². The maximum atomic E-state index is 13.5. The number of carbonyl (C=O) groups excluding carboxylic acids is 1. The van der Waals surface area contributed by atoms with E-state index in [1.165, 1.54) is 0 Å². The zero-order valence-electron chi connectivity index (χ0n) is 17.3. The number of sulfonamides is 1. The van der Waals surface area contributed by atoms with Crippen molar-refractivity contribution in [3.63, 3.8) is 0 Å². The summed E-state index contributed by atoms with van der Waals surface area (Å²) in [7, 11) is -4.00. The lowest BCUT2D eigenvalue weighted by atomic mass is 10.2. The van der Waals surface area contributed by atoms with Gasteiger partial charge in [-0.15, -0.1) is 0 Å². The number of carbonyl (C=O) groups is 1. The van der Waals surface area contributed by atoms with Crippen LogP contribution in [0, 0.1) is 24.3 Å². The zero-order valence-corrected chi connectivity index (χ0v) is 21.0. The first-order chi connectivity index (χ1) is 14.6. The number of rotatable bonds is 6. The van der Waals surface area contributed by atoms with Crippen molar-refractivity contribution in [3.05, 3.63) is 85.9 Å². The molecule has 8 heteroatoms. The highest BCUT2D eigenvalue weighted by atomic mass is 127. The van der Waals surface area contributed by atoms with E-state index < -0.39 is 15.9 Å². The van der Waals surface area contributed by atoms with E-state index >= 15 is 0 Å². The first-order valence-electron chi connectivity index (χ1n) is 9.49. The van der Waals surface area contributed by atoms with E-state index in [0.29, 0.717) is 22.0 Å². The molecule has 0 spiro atoms. The van der Waals surface area contributed by atoms with E-state index in [-0.39, 0.29) is 11.4 Å². The fourth-order valence-corrected chi connectivity index (χ4v) is 5.37. The predicted molar refractivity (Wildman–Crippen MR) is 134 cm³/mol. The minimum atomic E-state index is -4.00. The maximum Gasteiger partial charge on any atom is 0.264 e. The molecule has 3 aromatic rings. The van der Waals surface area contributed by atoms with Crippen LogP contribution < -0.4 is 9.62 Å². The average molecular weight is 569 g/mol. The summed E-state index contributed by atoms with van der Waals surface area (Å²) in [5, 5.41) is 3.21. The van der Waals surface area contributed by atoms with Crippen molar-refractivity contribution < 1.29 is 13.2 Å². The summed E-state index contributed by atoms with van der Waals surface area (Å²) in [6.07, 6.45) is 0. The SMILES string of the molecule is Cc1ccc(S(=O)(=O)N(CC(=O)Nc2ccc(I)cc2C)c2cc(Cl)ccc2C)cc1. The molecule has 0 aliphatic carbocycles. The van der Waals surface area contributed by atoms with Crippen LogP contribution in [0.2, 0.25) is 5.02 Å². The minimum absolute atomic E-state index is 0.107. The lowest BCUT2D eigenvalue weighted by molar-refractivity contribution is -0.114. The van der Waals surface area contributed by atoms with Gasteiger partial charge in [-0.05, 0) is 97.0 Å². The van der Waals surface area contributed by atoms with Gasteiger partial charge in [0.2, 0.25) is 5.91 Å². The largest absolute Gasteiger partial charge is 0.324 e. The van der Waals surface area contributed by atoms with Gasteiger partial charge >= 0.3 is 0 Å². The van der Waals surface area contributed by atoms with Crippen LogP contribution in [0.5, 0.6) is 0 Å². The molecule has 1 amide bonds. The summed E-state index contributed by atoms with van der Waals surface area (Å²) in [4.78, 5) is 13.0. The van der Waals surface area contributed by atoms with Crippen molar-refractivity contribution in [2.75, 3.05) is 16.2 Å². The van der Waals surface area contributed by atoms with Crippen LogP contribution in [0.15, 0.2) is 65.6 Å². The lowest BCUT2D eigenvalue weighted by Crippen LogP contribution is -2.38. The molecule has 3 rings (SSSR count). The van der Waals surface area contributed by atoms with E-state index in [1.54, 1.807) is 55.5 Å². The normalized spacial score (nSPS) is 11.3. The van der Waals surface area contributed by atoms with Crippen LogP contribution in [-0.4, -0.2) is 20.9 Å². The highest BCUT2D eigenvalue weighted by Crippen LogP contribution is 2.30. The Labute approximate surface area is 201 Å². The number of amides is 1. The number of anilines is 2. The monoisotopic (exact) mass is 568 g/mol. The Morgan fingerprint density at radius 1 is 0.968 bits per heavy atom. The van der Waals surface area contributed by atoms with Gasteiger partial charge in [-0.1, -0.05) is 35.4 Å². The second kappa shape index (κ2) is 9.58. The van der Waals surface area contributed by atoms with E-state index in [4.69, 9.17) is 11.6 Å². The number of hydrogen-bond acceptors (Lipinski definition) is 3. The van der Waals surface area contributed by atoms with Crippen LogP contribution in [0.1, 0.15) is 16.7 Å². The summed E-state index contributed by atoms with van der Waals surface area (Å²) >= 11 is 8.35. The quantitative estimate of drug-likeness (QED) is 0.388. The Kier molecular flexibility index (Phi) is 7.28. The van der Waals surface area contributed by atoms with Crippen molar-refractivity contribution in [2.45, 2.75) is 25.7 Å². The number of hydrogen-bond donors (Lipinski definition) is 1. The van der Waals surface area contributed by atoms with E-state index in [1.807, 2.05) is 26.0 Å². The molecule has 0 atom stereocenters. The number of nitrogens with one attached hydrogen (secondary N) is 1. The van der Waals surface area contributed by atoms with Gasteiger partial charge < -0.3 is 5.32 Å². The van der Waals surface area contributed by atoms with Crippen molar-refractivity contribution in [2.24, 2.45) is 0 Å². The fraction of sp³-hybridized carbons (Fsp3) is 0.174. The predicted octanol–water partition coefficient (Wildman–Crippen LogP) is 5.70. The van der Waals surface area contributed by atoms with E-state index in [9.17, 15) is 13.2 Å². The molecule has 0 saturated carbocycles. The molecule has 0 saturated heterocycles. The minimum Gasteiger partial charge on any atom is -0.324 e. The van der Waals surface area contributed by atoms with Gasteiger partial charge in [0.1, 0.15) is 6.54 Å². The number of benzene rings is 3. The van der Waals surface area contributed by atoms with Gasteiger partial charge in [0, 0.05) is 14.3 Å². The van der Waals surface area contributed by atoms with E-state index in [0.717, 1.165) is 19.0 Å². The third kappa shape index (κ3) is 5.58. The molecule has 0 fully saturated rings. The van der Waals surface area contributed by atoms with Crippen LogP contribution in [-0.2, 0) is 14.8 Å². The first kappa shape index (κ1) is 23.6. The van der Waals surface area contributed by atoms with E-state index in [2.05, 4.69) is 27.9 Å². The summed E-state index contributed by atoms with van der Waals surface area (Å²) < 4.78 is 29.2. The highest BCUT2D eigenvalue weighted by Gasteiger charge is 2.28. The molecule has 0 aliphatic heterocycles. The molecule has 0 aliphatic rings. The number of halogens is 2. The summed E-state index contributed by atoms with van der Waals surface area (Å²) in [5.41, 5.74) is 3.53. The second-order valence-electron chi connectivity index (χ2n) is 7.26. The van der Waals surface area contributed by atoms with Gasteiger partial charge in [-0.2, -0.15) is 0 Å². The molecule has 0 heterocycles. The molecule has 1 N–H and O–H groups in total. The molecule has 162 valence electrons. The number of aryl methyl sites for hydroxylation is 3. The fourth-order valence-electron chi connectivity index (χ4n) is 3.08. The second-order valence-corrected chi connectivity index (χ2v) is 10.8. The summed E-state index contributed by atoms with van der Waals surface area (Å²) in [5.74, 6) is -0.445. The van der Waals surface area contributed by atoms with Gasteiger partial charge in [-0.3, -0.25) is 9.10 Å². The van der Waals surface area contributed by atoms with Crippen LogP contribution >= 0.6 is 34.2 Å². The standard InChI is InChI=1S/C23H22ClIN2O3S/c1-15-4-9-20(10-5-15)31(29,30)27(22-13-18(24)7-6-16(22)2)14-23(28)26-21-11-8-19(25)12-17(21)3/h4-13H,14H2,1-3H3,(H,26,28). The molecular weight excluding hydrogens is 547 g/mol. The van der Waals surface area contributed by atoms with Crippen LogP contribution in [0.4, 0.5) is 11.4 Å². The molecule has 0 unspecified atom stereocenters. The summed E-state index contributed by atoms with van der Waals surface area (Å²) in [6.45, 7) is 5.17.